The van der Waals surface area contributed by atoms with Crippen molar-refractivity contribution in [3.05, 3.63) is 23.9 Å². The molecule has 0 spiro atoms. The third-order valence-electron chi connectivity index (χ3n) is 2.23. The van der Waals surface area contributed by atoms with Crippen LogP contribution in [0.2, 0.25) is 0 Å². The number of hydrogen-bond acceptors (Lipinski definition) is 3. The lowest BCUT2D eigenvalue weighted by Gasteiger charge is -2.10. The normalized spacial score (nSPS) is 11.3. The van der Waals surface area contributed by atoms with Crippen molar-refractivity contribution >= 4 is 11.8 Å². The minimum absolute atomic E-state index is 0.171. The fourth-order valence-electron chi connectivity index (χ4n) is 1.10. The standard InChI is InChI=1S/C13H23N3O2/c1-10(2)12(17)15-9-11(3)13(18)14-7-6-8-16(4)5/h9H,1,6-8H2,2-5H3,(H,14,18)(H,15,17). The van der Waals surface area contributed by atoms with Crippen LogP contribution in [0.15, 0.2) is 23.9 Å². The Morgan fingerprint density at radius 3 is 2.33 bits per heavy atom. The number of carbonyl (C=O) groups excluding carboxylic acids is 2. The van der Waals surface area contributed by atoms with Crippen LogP contribution in [0.3, 0.4) is 0 Å². The van der Waals surface area contributed by atoms with Crippen LogP contribution < -0.4 is 10.6 Å². The molecule has 0 aliphatic carbocycles. The highest BCUT2D eigenvalue weighted by Gasteiger charge is 2.04. The van der Waals surface area contributed by atoms with Gasteiger partial charge in [-0.25, -0.2) is 0 Å². The van der Waals surface area contributed by atoms with Crippen molar-refractivity contribution in [2.24, 2.45) is 0 Å². The lowest BCUT2D eigenvalue weighted by Crippen LogP contribution is -2.29. The number of nitrogens with zero attached hydrogens (tertiary/aromatic N) is 1. The predicted octanol–water partition coefficient (Wildman–Crippen LogP) is 0.650. The van der Waals surface area contributed by atoms with Gasteiger partial charge in [0.15, 0.2) is 0 Å². The SMILES string of the molecule is C=C(C)C(=O)NC=C(C)C(=O)NCCCN(C)C. The molecule has 0 rings (SSSR count). The fourth-order valence-corrected chi connectivity index (χ4v) is 1.10. The minimum atomic E-state index is -0.283. The molecular weight excluding hydrogens is 230 g/mol. The Balaban J connectivity index is 3.99. The smallest absolute Gasteiger partial charge is 0.250 e. The molecule has 0 aromatic carbocycles. The summed E-state index contributed by atoms with van der Waals surface area (Å²) in [5.41, 5.74) is 0.875. The number of hydrogen-bond donors (Lipinski definition) is 2. The fraction of sp³-hybridized carbons (Fsp3) is 0.538. The van der Waals surface area contributed by atoms with Crippen LogP contribution in [0.5, 0.6) is 0 Å². The van der Waals surface area contributed by atoms with Gasteiger partial charge in [0.25, 0.3) is 0 Å². The predicted molar refractivity (Wildman–Crippen MR) is 72.9 cm³/mol. The Morgan fingerprint density at radius 1 is 1.22 bits per heavy atom. The number of carbonyl (C=O) groups is 2. The second kappa shape index (κ2) is 8.47. The molecule has 0 heterocycles. The van der Waals surface area contributed by atoms with Gasteiger partial charge in [0.1, 0.15) is 0 Å². The minimum Gasteiger partial charge on any atom is -0.352 e. The Morgan fingerprint density at radius 2 is 1.83 bits per heavy atom. The molecule has 2 amide bonds. The first-order chi connectivity index (χ1) is 8.34. The van der Waals surface area contributed by atoms with Gasteiger partial charge >= 0.3 is 0 Å². The number of amides is 2. The molecule has 0 aromatic heterocycles. The van der Waals surface area contributed by atoms with Gasteiger partial charge in [-0.15, -0.1) is 0 Å². The maximum absolute atomic E-state index is 11.6. The molecule has 0 aliphatic heterocycles. The summed E-state index contributed by atoms with van der Waals surface area (Å²) in [7, 11) is 3.97. The van der Waals surface area contributed by atoms with Crippen molar-refractivity contribution < 1.29 is 9.59 Å². The Labute approximate surface area is 109 Å². The molecule has 0 saturated heterocycles. The van der Waals surface area contributed by atoms with Gasteiger partial charge in [-0.05, 0) is 40.9 Å². The van der Waals surface area contributed by atoms with Gasteiger partial charge in [0, 0.05) is 23.9 Å². The van der Waals surface area contributed by atoms with Gasteiger partial charge in [0.05, 0.1) is 0 Å². The van der Waals surface area contributed by atoms with Crippen LogP contribution in [0.4, 0.5) is 0 Å². The quantitative estimate of drug-likeness (QED) is 0.517. The monoisotopic (exact) mass is 253 g/mol. The molecule has 2 N–H and O–H groups in total. The molecule has 0 unspecified atom stereocenters. The Hall–Kier alpha value is -1.62. The molecular formula is C13H23N3O2. The van der Waals surface area contributed by atoms with E-state index in [1.54, 1.807) is 13.8 Å². The molecule has 0 atom stereocenters. The zero-order valence-electron chi connectivity index (χ0n) is 11.7. The van der Waals surface area contributed by atoms with E-state index in [1.165, 1.54) is 6.20 Å². The molecule has 0 bridgehead atoms. The molecule has 5 heteroatoms. The first-order valence-electron chi connectivity index (χ1n) is 5.90. The lowest BCUT2D eigenvalue weighted by molar-refractivity contribution is -0.117. The first kappa shape index (κ1) is 16.4. The maximum Gasteiger partial charge on any atom is 0.250 e. The summed E-state index contributed by atoms with van der Waals surface area (Å²) in [6.45, 7) is 8.32. The van der Waals surface area contributed by atoms with Gasteiger partial charge in [-0.3, -0.25) is 9.59 Å². The van der Waals surface area contributed by atoms with E-state index in [-0.39, 0.29) is 11.8 Å². The van der Waals surface area contributed by atoms with Crippen molar-refractivity contribution in [3.63, 3.8) is 0 Å². The zero-order valence-corrected chi connectivity index (χ0v) is 11.7. The molecule has 0 fully saturated rings. The summed E-state index contributed by atoms with van der Waals surface area (Å²) in [5, 5.41) is 5.28. The van der Waals surface area contributed by atoms with Crippen LogP contribution in [-0.2, 0) is 9.59 Å². The summed E-state index contributed by atoms with van der Waals surface area (Å²) < 4.78 is 0. The zero-order chi connectivity index (χ0) is 14.1. The summed E-state index contributed by atoms with van der Waals surface area (Å²) in [6, 6.07) is 0. The highest BCUT2D eigenvalue weighted by atomic mass is 16.2. The molecule has 0 radical (unpaired) electrons. The van der Waals surface area contributed by atoms with Crippen molar-refractivity contribution in [3.8, 4) is 0 Å². The third-order valence-corrected chi connectivity index (χ3v) is 2.23. The molecule has 18 heavy (non-hydrogen) atoms. The van der Waals surface area contributed by atoms with Crippen LogP contribution in [0, 0.1) is 0 Å². The molecule has 0 aromatic rings. The van der Waals surface area contributed by atoms with E-state index in [4.69, 9.17) is 0 Å². The second-order valence-electron chi connectivity index (χ2n) is 4.49. The molecule has 102 valence electrons. The van der Waals surface area contributed by atoms with Gasteiger partial charge in [-0.1, -0.05) is 6.58 Å². The summed E-state index contributed by atoms with van der Waals surface area (Å²) in [5.74, 6) is -0.453. The lowest BCUT2D eigenvalue weighted by atomic mass is 10.3. The average Bonchev–Trinajstić information content (AvgIpc) is 2.30. The molecule has 5 nitrogen and oxygen atoms in total. The van der Waals surface area contributed by atoms with Crippen molar-refractivity contribution in [2.75, 3.05) is 27.2 Å². The third kappa shape index (κ3) is 7.62. The first-order valence-corrected chi connectivity index (χ1v) is 5.90. The van der Waals surface area contributed by atoms with E-state index in [9.17, 15) is 9.59 Å². The van der Waals surface area contributed by atoms with E-state index >= 15 is 0 Å². The summed E-state index contributed by atoms with van der Waals surface area (Å²) >= 11 is 0. The van der Waals surface area contributed by atoms with Crippen LogP contribution >= 0.6 is 0 Å². The van der Waals surface area contributed by atoms with Crippen LogP contribution in [0.1, 0.15) is 20.3 Å². The maximum atomic E-state index is 11.6. The van der Waals surface area contributed by atoms with E-state index in [0.29, 0.717) is 17.7 Å². The largest absolute Gasteiger partial charge is 0.352 e. The van der Waals surface area contributed by atoms with E-state index < -0.39 is 0 Å². The van der Waals surface area contributed by atoms with E-state index in [0.717, 1.165) is 13.0 Å². The summed E-state index contributed by atoms with van der Waals surface area (Å²) in [6.07, 6.45) is 2.29. The van der Waals surface area contributed by atoms with E-state index in [2.05, 4.69) is 22.1 Å². The van der Waals surface area contributed by atoms with Gasteiger partial charge in [0.2, 0.25) is 11.8 Å². The van der Waals surface area contributed by atoms with Crippen molar-refractivity contribution in [2.45, 2.75) is 20.3 Å². The van der Waals surface area contributed by atoms with Crippen molar-refractivity contribution in [1.82, 2.24) is 15.5 Å². The molecule has 0 aliphatic rings. The van der Waals surface area contributed by atoms with Crippen LogP contribution in [0.25, 0.3) is 0 Å². The molecule has 0 saturated carbocycles. The van der Waals surface area contributed by atoms with E-state index in [1.807, 2.05) is 14.1 Å². The van der Waals surface area contributed by atoms with Crippen molar-refractivity contribution in [1.29, 1.82) is 0 Å². The highest BCUT2D eigenvalue weighted by molar-refractivity contribution is 5.96. The topological polar surface area (TPSA) is 61.4 Å². The number of rotatable bonds is 7. The Kier molecular flexibility index (Phi) is 7.71. The number of nitrogens with one attached hydrogen (secondary N) is 2. The highest BCUT2D eigenvalue weighted by Crippen LogP contribution is 1.92. The van der Waals surface area contributed by atoms with Gasteiger partial charge < -0.3 is 15.5 Å². The average molecular weight is 253 g/mol. The van der Waals surface area contributed by atoms with Crippen LogP contribution in [-0.4, -0.2) is 43.9 Å². The Bertz CT molecular complexity index is 346. The second-order valence-corrected chi connectivity index (χ2v) is 4.49. The van der Waals surface area contributed by atoms with Gasteiger partial charge in [-0.2, -0.15) is 0 Å². The summed E-state index contributed by atoms with van der Waals surface area (Å²) in [4.78, 5) is 24.9.